The van der Waals surface area contributed by atoms with Crippen molar-refractivity contribution in [2.75, 3.05) is 25.0 Å². The number of imidazole rings is 1. The molecule has 49 heavy (non-hydrogen) atoms. The average Bonchev–Trinajstić information content (AvgIpc) is 3.73. The van der Waals surface area contributed by atoms with Crippen LogP contribution in [-0.2, 0) is 30.9 Å². The Bertz CT molecular complexity index is 2160. The number of carboxylic acid groups (broad SMARTS) is 1. The minimum absolute atomic E-state index is 0.00792. The van der Waals surface area contributed by atoms with Gasteiger partial charge in [0, 0.05) is 13.1 Å². The van der Waals surface area contributed by atoms with Gasteiger partial charge in [0.2, 0.25) is 10.2 Å². The third-order valence-electron chi connectivity index (χ3n) is 7.22. The van der Waals surface area contributed by atoms with Crippen LogP contribution in [0.25, 0.3) is 21.4 Å². The Morgan fingerprint density at radius 3 is 2.27 bits per heavy atom. The largest absolute Gasteiger partial charge is 0.480 e. The Kier molecular flexibility index (Phi) is 9.84. The maximum Gasteiger partial charge on any atom is 0.413 e. The third-order valence-corrected chi connectivity index (χ3v) is 10.1. The lowest BCUT2D eigenvalue weighted by atomic mass is 10.0. The fraction of sp³-hybridized carbons (Fsp3) is 0.156. The number of thiazole rings is 1. The molecule has 0 saturated heterocycles. The number of nitrogens with zero attached hydrogens (tertiary/aromatic N) is 6. The van der Waals surface area contributed by atoms with Crippen molar-refractivity contribution in [3.63, 3.8) is 0 Å². The number of anilines is 1. The summed E-state index contributed by atoms with van der Waals surface area (Å²) >= 11 is 0.993. The van der Waals surface area contributed by atoms with E-state index in [0.717, 1.165) is 27.4 Å². The topological polar surface area (TPSA) is 199 Å². The van der Waals surface area contributed by atoms with Gasteiger partial charge >= 0.3 is 12.1 Å². The van der Waals surface area contributed by atoms with Gasteiger partial charge in [-0.25, -0.2) is 37.9 Å². The molecule has 0 bridgehead atoms. The molecular formula is C32H28N8O7S2. The number of ether oxygens (including phenoxy) is 1. The van der Waals surface area contributed by atoms with Crippen molar-refractivity contribution >= 4 is 66.5 Å². The van der Waals surface area contributed by atoms with E-state index >= 15 is 0 Å². The van der Waals surface area contributed by atoms with E-state index in [1.54, 1.807) is 24.3 Å². The van der Waals surface area contributed by atoms with Crippen LogP contribution in [0.15, 0.2) is 102 Å². The van der Waals surface area contributed by atoms with E-state index in [1.807, 2.05) is 60.7 Å². The summed E-state index contributed by atoms with van der Waals surface area (Å²) in [6, 6.07) is 25.4. The first-order valence-electron chi connectivity index (χ1n) is 14.8. The fourth-order valence-corrected chi connectivity index (χ4v) is 7.27. The summed E-state index contributed by atoms with van der Waals surface area (Å²) in [7, 11) is -4.02. The molecule has 0 atom stereocenters. The SMILES string of the molecule is O=C(O)CN(CCNS(=O)(=O)c1nc2ccccc2s1)C(=O)Cn1cnc2ncnc(NC(=O)OC(c3ccccc3)c3ccccc3)c21. The van der Waals surface area contributed by atoms with Crippen LogP contribution in [0.3, 0.4) is 0 Å². The second-order valence-corrected chi connectivity index (χ2v) is 13.5. The molecule has 0 saturated carbocycles. The zero-order valence-electron chi connectivity index (χ0n) is 25.5. The van der Waals surface area contributed by atoms with Crippen LogP contribution >= 0.6 is 11.3 Å². The quantitative estimate of drug-likeness (QED) is 0.159. The summed E-state index contributed by atoms with van der Waals surface area (Å²) in [5, 5.41) is 12.1. The van der Waals surface area contributed by atoms with E-state index in [1.165, 1.54) is 17.2 Å². The Hall–Kier alpha value is -5.78. The monoisotopic (exact) mass is 700 g/mol. The van der Waals surface area contributed by atoms with Gasteiger partial charge in [-0.1, -0.05) is 72.8 Å². The van der Waals surface area contributed by atoms with Gasteiger partial charge in [-0.2, -0.15) is 0 Å². The smallest absolute Gasteiger partial charge is 0.413 e. The lowest BCUT2D eigenvalue weighted by molar-refractivity contribution is -0.144. The maximum absolute atomic E-state index is 13.4. The molecule has 17 heteroatoms. The highest BCUT2D eigenvalue weighted by atomic mass is 32.2. The van der Waals surface area contributed by atoms with Gasteiger partial charge in [0.15, 0.2) is 17.6 Å². The molecule has 3 aromatic heterocycles. The minimum Gasteiger partial charge on any atom is -0.480 e. The van der Waals surface area contributed by atoms with Crippen LogP contribution in [0.1, 0.15) is 17.2 Å². The van der Waals surface area contributed by atoms with Crippen molar-refractivity contribution in [2.45, 2.75) is 17.0 Å². The molecule has 0 aliphatic rings. The maximum atomic E-state index is 13.4. The van der Waals surface area contributed by atoms with Crippen LogP contribution in [0, 0.1) is 0 Å². The molecule has 3 aromatic carbocycles. The number of aromatic nitrogens is 5. The number of benzene rings is 3. The molecule has 0 fully saturated rings. The van der Waals surface area contributed by atoms with Crippen LogP contribution in [0.5, 0.6) is 0 Å². The van der Waals surface area contributed by atoms with Gasteiger partial charge < -0.3 is 19.3 Å². The third kappa shape index (κ3) is 7.86. The number of hydrogen-bond donors (Lipinski definition) is 3. The highest BCUT2D eigenvalue weighted by Gasteiger charge is 2.24. The Balaban J connectivity index is 1.16. The predicted octanol–water partition coefficient (Wildman–Crippen LogP) is 3.67. The van der Waals surface area contributed by atoms with Gasteiger partial charge in [0.1, 0.15) is 24.9 Å². The standard InChI is InChI=1S/C32H28N8O7S2/c41-25(39(18-26(42)43)16-15-36-49(45,46)32-37-23-13-7-8-14-24(23)48-32)17-40-20-35-29-27(40)30(34-19-33-29)38-31(44)47-28(21-9-3-1-4-10-21)22-11-5-2-6-12-22/h1-14,19-20,28,36H,15-18H2,(H,42,43)(H,33,34,38,44). The number of fused-ring (bicyclic) bond motifs is 2. The number of carbonyl (C=O) groups excluding carboxylic acids is 2. The Labute approximate surface area is 283 Å². The molecule has 250 valence electrons. The molecule has 3 N–H and O–H groups in total. The van der Waals surface area contributed by atoms with E-state index in [-0.39, 0.29) is 34.4 Å². The highest BCUT2D eigenvalue weighted by molar-refractivity contribution is 7.91. The minimum atomic E-state index is -4.02. The van der Waals surface area contributed by atoms with E-state index in [9.17, 15) is 27.9 Å². The number of carbonyl (C=O) groups is 3. The van der Waals surface area contributed by atoms with Crippen LogP contribution in [0.2, 0.25) is 0 Å². The van der Waals surface area contributed by atoms with Gasteiger partial charge in [0.05, 0.1) is 16.5 Å². The van der Waals surface area contributed by atoms with E-state index in [4.69, 9.17) is 4.74 Å². The van der Waals surface area contributed by atoms with Crippen molar-refractivity contribution in [3.8, 4) is 0 Å². The second kappa shape index (κ2) is 14.5. The number of rotatable bonds is 13. The summed E-state index contributed by atoms with van der Waals surface area (Å²) in [5.74, 6) is -1.95. The molecule has 6 aromatic rings. The van der Waals surface area contributed by atoms with E-state index in [2.05, 4.69) is 30.0 Å². The molecule has 0 aliphatic heterocycles. The zero-order chi connectivity index (χ0) is 34.4. The first-order chi connectivity index (χ1) is 23.7. The number of carboxylic acids is 1. The summed E-state index contributed by atoms with van der Waals surface area (Å²) in [5.41, 5.74) is 2.37. The summed E-state index contributed by atoms with van der Waals surface area (Å²) < 4.78 is 35.9. The fourth-order valence-electron chi connectivity index (χ4n) is 4.98. The molecule has 3 heterocycles. The second-order valence-electron chi connectivity index (χ2n) is 10.6. The van der Waals surface area contributed by atoms with Gasteiger partial charge in [-0.3, -0.25) is 14.9 Å². The van der Waals surface area contributed by atoms with Crippen molar-refractivity contribution < 1.29 is 32.6 Å². The van der Waals surface area contributed by atoms with Crippen molar-refractivity contribution in [3.05, 3.63) is 109 Å². The van der Waals surface area contributed by atoms with Gasteiger partial charge in [-0.15, -0.1) is 11.3 Å². The molecule has 0 radical (unpaired) electrons. The van der Waals surface area contributed by atoms with E-state index in [0.29, 0.717) is 10.2 Å². The number of para-hydroxylation sites is 1. The van der Waals surface area contributed by atoms with Gasteiger partial charge in [-0.05, 0) is 23.3 Å². The summed E-state index contributed by atoms with van der Waals surface area (Å²) in [6.45, 7) is -1.63. The lowest BCUT2D eigenvalue weighted by Crippen LogP contribution is -2.42. The first-order valence-corrected chi connectivity index (χ1v) is 17.1. The molecule has 0 aliphatic carbocycles. The Morgan fingerprint density at radius 1 is 0.918 bits per heavy atom. The average molecular weight is 701 g/mol. The van der Waals surface area contributed by atoms with Crippen molar-refractivity contribution in [1.82, 2.24) is 34.1 Å². The number of sulfonamides is 1. The van der Waals surface area contributed by atoms with E-state index < -0.39 is 47.2 Å². The number of nitrogens with one attached hydrogen (secondary N) is 2. The van der Waals surface area contributed by atoms with Crippen LogP contribution in [-0.4, -0.2) is 80.5 Å². The number of aliphatic carboxylic acids is 1. The normalized spacial score (nSPS) is 11.5. The summed E-state index contributed by atoms with van der Waals surface area (Å²) in [4.78, 5) is 55.9. The predicted molar refractivity (Wildman–Crippen MR) is 179 cm³/mol. The number of hydrogen-bond acceptors (Lipinski definition) is 11. The molecular weight excluding hydrogens is 673 g/mol. The van der Waals surface area contributed by atoms with Gasteiger partial charge in [0.25, 0.3) is 10.0 Å². The molecule has 0 unspecified atom stereocenters. The van der Waals surface area contributed by atoms with Crippen LogP contribution < -0.4 is 10.0 Å². The van der Waals surface area contributed by atoms with Crippen molar-refractivity contribution in [1.29, 1.82) is 0 Å². The van der Waals surface area contributed by atoms with Crippen LogP contribution in [0.4, 0.5) is 10.6 Å². The lowest BCUT2D eigenvalue weighted by Gasteiger charge is -2.21. The first kappa shape index (κ1) is 33.1. The zero-order valence-corrected chi connectivity index (χ0v) is 27.2. The molecule has 6 rings (SSSR count). The molecule has 0 spiro atoms. The molecule has 15 nitrogen and oxygen atoms in total. The number of amides is 2. The van der Waals surface area contributed by atoms with Crippen molar-refractivity contribution in [2.24, 2.45) is 0 Å². The molecule has 2 amide bonds. The highest BCUT2D eigenvalue weighted by Crippen LogP contribution is 2.28. The Morgan fingerprint density at radius 2 is 1.59 bits per heavy atom. The summed E-state index contributed by atoms with van der Waals surface area (Å²) in [6.07, 6.45) is 0.934.